The molecule has 0 aromatic heterocycles. The van der Waals surface area contributed by atoms with Crippen LogP contribution in [0.3, 0.4) is 0 Å². The molecular weight excluding hydrogens is 613 g/mol. The number of carbonyl (C=O) groups excluding carboxylic acids is 2. The maximum Gasteiger partial charge on any atom is 0.244 e. The van der Waals surface area contributed by atoms with Crippen molar-refractivity contribution in [3.05, 3.63) is 98.4 Å². The molecule has 0 radical (unpaired) electrons. The fourth-order valence-electron chi connectivity index (χ4n) is 3.90. The van der Waals surface area contributed by atoms with Crippen molar-refractivity contribution in [3.63, 3.8) is 0 Å². The average molecular weight is 641 g/mol. The summed E-state index contributed by atoms with van der Waals surface area (Å²) in [6.07, 6.45) is 1.23. The van der Waals surface area contributed by atoms with Gasteiger partial charge in [0.2, 0.25) is 21.8 Å². The minimum Gasteiger partial charge on any atom is -0.355 e. The lowest BCUT2D eigenvalue weighted by molar-refractivity contribution is -0.140. The van der Waals surface area contributed by atoms with Crippen LogP contribution in [0.5, 0.6) is 0 Å². The van der Waals surface area contributed by atoms with Crippen LogP contribution in [0.4, 0.5) is 5.69 Å². The van der Waals surface area contributed by atoms with Crippen molar-refractivity contribution in [2.24, 2.45) is 0 Å². The van der Waals surface area contributed by atoms with Gasteiger partial charge in [-0.15, -0.1) is 0 Å². The number of likely N-dealkylation sites (N-methyl/N-ethyl adjacent to an activating group) is 1. The van der Waals surface area contributed by atoms with Crippen molar-refractivity contribution in [2.45, 2.75) is 25.9 Å². The molecule has 1 N–H and O–H groups in total. The first-order valence-electron chi connectivity index (χ1n) is 11.8. The maximum atomic E-state index is 13.9. The topological polar surface area (TPSA) is 86.8 Å². The van der Waals surface area contributed by atoms with E-state index in [4.69, 9.17) is 23.2 Å². The highest BCUT2D eigenvalue weighted by Gasteiger charge is 2.33. The summed E-state index contributed by atoms with van der Waals surface area (Å²) in [5.74, 6) is -0.907. The van der Waals surface area contributed by atoms with Crippen LogP contribution in [-0.2, 0) is 32.6 Å². The van der Waals surface area contributed by atoms with Crippen molar-refractivity contribution >= 4 is 66.7 Å². The van der Waals surface area contributed by atoms with Gasteiger partial charge in [-0.05, 0) is 48.4 Å². The summed E-state index contributed by atoms with van der Waals surface area (Å²) >= 11 is 15.8. The summed E-state index contributed by atoms with van der Waals surface area (Å²) in [5.41, 5.74) is 1.71. The van der Waals surface area contributed by atoms with Gasteiger partial charge in [0.1, 0.15) is 12.6 Å². The molecule has 0 aliphatic rings. The highest BCUT2D eigenvalue weighted by atomic mass is 79.9. The molecule has 0 aliphatic carbocycles. The van der Waals surface area contributed by atoms with Crippen LogP contribution in [0.15, 0.2) is 77.3 Å². The van der Waals surface area contributed by atoms with Gasteiger partial charge in [0.25, 0.3) is 0 Å². The molecule has 3 rings (SSSR count). The minimum absolute atomic E-state index is 0.0798. The third kappa shape index (κ3) is 8.20. The second-order valence-corrected chi connectivity index (χ2v) is 12.3. The van der Waals surface area contributed by atoms with E-state index in [9.17, 15) is 18.0 Å². The van der Waals surface area contributed by atoms with Gasteiger partial charge >= 0.3 is 0 Å². The van der Waals surface area contributed by atoms with Crippen LogP contribution in [0.2, 0.25) is 10.0 Å². The van der Waals surface area contributed by atoms with E-state index in [-0.39, 0.29) is 34.6 Å². The number of carbonyl (C=O) groups is 2. The van der Waals surface area contributed by atoms with Gasteiger partial charge in [-0.1, -0.05) is 81.6 Å². The second-order valence-electron chi connectivity index (χ2n) is 8.61. The number of nitrogens with zero attached hydrogens (tertiary/aromatic N) is 2. The van der Waals surface area contributed by atoms with E-state index in [1.165, 1.54) is 23.1 Å². The lowest BCUT2D eigenvalue weighted by atomic mass is 10.0. The van der Waals surface area contributed by atoms with Crippen LogP contribution in [0, 0.1) is 0 Å². The number of hydrogen-bond acceptors (Lipinski definition) is 4. The quantitative estimate of drug-likeness (QED) is 0.308. The Hall–Kier alpha value is -2.59. The normalized spacial score (nSPS) is 12.0. The SMILES string of the molecule is CCNC(=O)[C@@H](Cc1ccccc1)N(Cc1ccc(Br)cc1)C(=O)CN(c1cc(Cl)ccc1Cl)S(C)(=O)=O. The molecule has 7 nitrogen and oxygen atoms in total. The summed E-state index contributed by atoms with van der Waals surface area (Å²) in [4.78, 5) is 28.7. The van der Waals surface area contributed by atoms with Gasteiger partial charge in [0.15, 0.2) is 0 Å². The third-order valence-corrected chi connectivity index (χ3v) is 7.95. The van der Waals surface area contributed by atoms with E-state index in [2.05, 4.69) is 21.2 Å². The van der Waals surface area contributed by atoms with E-state index in [0.717, 1.165) is 26.2 Å². The first-order chi connectivity index (χ1) is 18.0. The Balaban J connectivity index is 2.06. The van der Waals surface area contributed by atoms with Crippen LogP contribution < -0.4 is 9.62 Å². The largest absolute Gasteiger partial charge is 0.355 e. The van der Waals surface area contributed by atoms with E-state index < -0.39 is 28.5 Å². The molecule has 3 aromatic carbocycles. The molecule has 0 unspecified atom stereocenters. The van der Waals surface area contributed by atoms with Crippen molar-refractivity contribution in [3.8, 4) is 0 Å². The zero-order valence-electron chi connectivity index (χ0n) is 20.9. The molecule has 38 heavy (non-hydrogen) atoms. The summed E-state index contributed by atoms with van der Waals surface area (Å²) in [7, 11) is -3.94. The molecule has 0 saturated heterocycles. The monoisotopic (exact) mass is 639 g/mol. The first kappa shape index (κ1) is 30.0. The summed E-state index contributed by atoms with van der Waals surface area (Å²) in [6, 6.07) is 20.2. The van der Waals surface area contributed by atoms with E-state index in [1.807, 2.05) is 54.6 Å². The Bertz CT molecular complexity index is 1370. The summed E-state index contributed by atoms with van der Waals surface area (Å²) in [5, 5.41) is 3.20. The Morgan fingerprint density at radius 2 is 1.63 bits per heavy atom. The number of halogens is 3. The Morgan fingerprint density at radius 1 is 0.974 bits per heavy atom. The third-order valence-electron chi connectivity index (χ3n) is 5.74. The number of anilines is 1. The number of benzene rings is 3. The van der Waals surface area contributed by atoms with Gasteiger partial charge in [0, 0.05) is 29.0 Å². The molecule has 3 aromatic rings. The maximum absolute atomic E-state index is 13.9. The fraction of sp³-hybridized carbons (Fsp3) is 0.259. The molecule has 0 saturated carbocycles. The number of amides is 2. The number of hydrogen-bond donors (Lipinski definition) is 1. The highest BCUT2D eigenvalue weighted by molar-refractivity contribution is 9.10. The van der Waals surface area contributed by atoms with Crippen molar-refractivity contribution in [1.82, 2.24) is 10.2 Å². The molecule has 0 spiro atoms. The molecule has 0 heterocycles. The Morgan fingerprint density at radius 3 is 2.24 bits per heavy atom. The van der Waals surface area contributed by atoms with Crippen molar-refractivity contribution < 1.29 is 18.0 Å². The molecule has 0 aliphatic heterocycles. The lowest BCUT2D eigenvalue weighted by Crippen LogP contribution is -2.53. The Kier molecular flexibility index (Phi) is 10.6. The standard InChI is InChI=1S/C27H28BrCl2N3O4S/c1-3-31-27(35)25(15-19-7-5-4-6-8-19)32(17-20-9-11-21(28)12-10-20)26(34)18-33(38(2,36)37)24-16-22(29)13-14-23(24)30/h4-14,16,25H,3,15,17-18H2,1-2H3,(H,31,35)/t25-/m1/s1. The molecular formula is C27H28BrCl2N3O4S. The second kappa shape index (κ2) is 13.5. The lowest BCUT2D eigenvalue weighted by Gasteiger charge is -2.33. The molecule has 0 bridgehead atoms. The number of nitrogens with one attached hydrogen (secondary N) is 1. The van der Waals surface area contributed by atoms with Crippen LogP contribution >= 0.6 is 39.1 Å². The summed E-state index contributed by atoms with van der Waals surface area (Å²) in [6.45, 7) is 1.69. The first-order valence-corrected chi connectivity index (χ1v) is 15.2. The predicted octanol–water partition coefficient (Wildman–Crippen LogP) is 5.30. The predicted molar refractivity (Wildman–Crippen MR) is 156 cm³/mol. The average Bonchev–Trinajstić information content (AvgIpc) is 2.87. The van der Waals surface area contributed by atoms with Crippen molar-refractivity contribution in [2.75, 3.05) is 23.7 Å². The van der Waals surface area contributed by atoms with Crippen LogP contribution in [-0.4, -0.2) is 50.5 Å². The van der Waals surface area contributed by atoms with Gasteiger partial charge in [-0.2, -0.15) is 0 Å². The molecule has 11 heteroatoms. The highest BCUT2D eigenvalue weighted by Crippen LogP contribution is 2.31. The van der Waals surface area contributed by atoms with Crippen LogP contribution in [0.25, 0.3) is 0 Å². The Labute approximate surface area is 241 Å². The fourth-order valence-corrected chi connectivity index (χ4v) is 5.46. The zero-order chi connectivity index (χ0) is 27.9. The number of rotatable bonds is 11. The smallest absolute Gasteiger partial charge is 0.244 e. The van der Waals surface area contributed by atoms with Gasteiger partial charge in [-0.3, -0.25) is 13.9 Å². The van der Waals surface area contributed by atoms with Gasteiger partial charge in [0.05, 0.1) is 17.0 Å². The molecule has 202 valence electrons. The zero-order valence-corrected chi connectivity index (χ0v) is 24.8. The van der Waals surface area contributed by atoms with E-state index in [0.29, 0.717) is 6.54 Å². The van der Waals surface area contributed by atoms with Crippen LogP contribution in [0.1, 0.15) is 18.1 Å². The van der Waals surface area contributed by atoms with E-state index >= 15 is 0 Å². The van der Waals surface area contributed by atoms with Gasteiger partial charge < -0.3 is 10.2 Å². The van der Waals surface area contributed by atoms with E-state index in [1.54, 1.807) is 6.92 Å². The molecule has 1 atom stereocenters. The minimum atomic E-state index is -3.94. The van der Waals surface area contributed by atoms with Gasteiger partial charge in [-0.25, -0.2) is 8.42 Å². The molecule has 0 fully saturated rings. The molecule has 2 amide bonds. The number of sulfonamides is 1. The van der Waals surface area contributed by atoms with Crippen molar-refractivity contribution in [1.29, 1.82) is 0 Å². The summed E-state index contributed by atoms with van der Waals surface area (Å²) < 4.78 is 27.4.